The molecule has 2 aromatic rings. The Bertz CT molecular complexity index is 960. The normalized spacial score (nSPS) is 13.5. The maximum absolute atomic E-state index is 12.2. The number of hydrogen-bond donors (Lipinski definition) is 4. The summed E-state index contributed by atoms with van der Waals surface area (Å²) >= 11 is 0. The van der Waals surface area contributed by atoms with Crippen LogP contribution in [0.2, 0.25) is 0 Å². The number of aromatic nitrogens is 2. The number of H-pyrrole nitrogens is 2. The highest BCUT2D eigenvalue weighted by molar-refractivity contribution is 7.85. The summed E-state index contributed by atoms with van der Waals surface area (Å²) in [5.41, 5.74) is -0.666. The van der Waals surface area contributed by atoms with Crippen molar-refractivity contribution in [3.8, 4) is 5.75 Å². The van der Waals surface area contributed by atoms with E-state index in [0.29, 0.717) is 10.6 Å². The van der Waals surface area contributed by atoms with Gasteiger partial charge >= 0.3 is 5.69 Å². The Balaban J connectivity index is 1.97. The van der Waals surface area contributed by atoms with E-state index in [0.717, 1.165) is 0 Å². The topological polar surface area (TPSA) is 132 Å². The van der Waals surface area contributed by atoms with Crippen LogP contribution in [0.3, 0.4) is 0 Å². The predicted molar refractivity (Wildman–Crippen MR) is 98.4 cm³/mol. The second-order valence-corrected chi connectivity index (χ2v) is 7.19. The Labute approximate surface area is 151 Å². The molecular weight excluding hydrogens is 358 g/mol. The van der Waals surface area contributed by atoms with Crippen LogP contribution >= 0.6 is 0 Å². The van der Waals surface area contributed by atoms with Gasteiger partial charge in [0.25, 0.3) is 5.56 Å². The van der Waals surface area contributed by atoms with Crippen molar-refractivity contribution in [3.05, 3.63) is 62.4 Å². The standard InChI is InChI=1S/C17H19N3O5S/c1-10(9-26(25)13-5-3-12(21)4-6-13)18-15(22)8-7-14-11(2)19-17(24)20-16(14)23/h3-8,10,21H,9H2,1-2H3,(H,18,22)(H2,19,20,23,24)/b8-7+/t10-,26+/m0/s1. The molecule has 0 aliphatic rings. The molecule has 1 amide bonds. The third kappa shape index (κ3) is 5.28. The number of benzene rings is 1. The number of aromatic hydroxyl groups is 1. The number of phenolic OH excluding ortho intramolecular Hbond substituents is 1. The molecular formula is C17H19N3O5S. The van der Waals surface area contributed by atoms with Gasteiger partial charge < -0.3 is 15.4 Å². The van der Waals surface area contributed by atoms with Crippen molar-refractivity contribution < 1.29 is 14.1 Å². The molecule has 138 valence electrons. The molecule has 2 atom stereocenters. The molecule has 8 nitrogen and oxygen atoms in total. The van der Waals surface area contributed by atoms with Gasteiger partial charge in [0.1, 0.15) is 5.75 Å². The molecule has 0 bridgehead atoms. The molecule has 0 spiro atoms. The van der Waals surface area contributed by atoms with E-state index in [1.165, 1.54) is 24.3 Å². The minimum absolute atomic E-state index is 0.0878. The molecule has 1 aromatic heterocycles. The lowest BCUT2D eigenvalue weighted by atomic mass is 10.2. The maximum atomic E-state index is 12.2. The van der Waals surface area contributed by atoms with Crippen LogP contribution in [-0.4, -0.2) is 37.0 Å². The Morgan fingerprint density at radius 2 is 1.92 bits per heavy atom. The highest BCUT2D eigenvalue weighted by Gasteiger charge is 2.12. The van der Waals surface area contributed by atoms with E-state index in [-0.39, 0.29) is 23.1 Å². The molecule has 0 fully saturated rings. The molecule has 0 saturated carbocycles. The summed E-state index contributed by atoms with van der Waals surface area (Å²) in [5.74, 6) is -0.169. The van der Waals surface area contributed by atoms with E-state index in [1.54, 1.807) is 26.0 Å². The van der Waals surface area contributed by atoms with Crippen molar-refractivity contribution in [2.24, 2.45) is 0 Å². The highest BCUT2D eigenvalue weighted by Crippen LogP contribution is 2.13. The van der Waals surface area contributed by atoms with Gasteiger partial charge in [-0.2, -0.15) is 0 Å². The van der Waals surface area contributed by atoms with Gasteiger partial charge in [-0.1, -0.05) is 0 Å². The van der Waals surface area contributed by atoms with E-state index in [9.17, 15) is 23.7 Å². The van der Waals surface area contributed by atoms with Crippen LogP contribution in [0.4, 0.5) is 0 Å². The molecule has 0 aliphatic carbocycles. The summed E-state index contributed by atoms with van der Waals surface area (Å²) in [5, 5.41) is 11.9. The average molecular weight is 377 g/mol. The summed E-state index contributed by atoms with van der Waals surface area (Å²) in [6.45, 7) is 3.26. The minimum Gasteiger partial charge on any atom is -0.508 e. The highest BCUT2D eigenvalue weighted by atomic mass is 32.2. The number of phenols is 1. The second-order valence-electron chi connectivity index (χ2n) is 5.70. The monoisotopic (exact) mass is 377 g/mol. The molecule has 4 N–H and O–H groups in total. The van der Waals surface area contributed by atoms with Crippen LogP contribution in [0, 0.1) is 6.92 Å². The lowest BCUT2D eigenvalue weighted by molar-refractivity contribution is -0.116. The first-order valence-electron chi connectivity index (χ1n) is 7.75. The van der Waals surface area contributed by atoms with Crippen molar-refractivity contribution in [1.29, 1.82) is 0 Å². The van der Waals surface area contributed by atoms with E-state index in [1.807, 2.05) is 0 Å². The van der Waals surface area contributed by atoms with Gasteiger partial charge in [0.05, 0.1) is 16.4 Å². The number of nitrogens with one attached hydrogen (secondary N) is 3. The van der Waals surface area contributed by atoms with Gasteiger partial charge in [-0.05, 0) is 44.2 Å². The Morgan fingerprint density at radius 3 is 2.54 bits per heavy atom. The summed E-state index contributed by atoms with van der Waals surface area (Å²) in [7, 11) is -1.33. The van der Waals surface area contributed by atoms with Crippen LogP contribution in [-0.2, 0) is 15.6 Å². The first-order valence-corrected chi connectivity index (χ1v) is 9.07. The van der Waals surface area contributed by atoms with Crippen molar-refractivity contribution >= 4 is 22.8 Å². The summed E-state index contributed by atoms with van der Waals surface area (Å²) in [4.78, 5) is 39.9. The SMILES string of the molecule is Cc1[nH]c(=O)[nH]c(=O)c1/C=C/C(=O)N[C@@H](C)C[S@@](=O)c1ccc(O)cc1. The van der Waals surface area contributed by atoms with Crippen molar-refractivity contribution in [2.45, 2.75) is 24.8 Å². The fourth-order valence-corrected chi connectivity index (χ4v) is 3.39. The third-order valence-electron chi connectivity index (χ3n) is 3.47. The van der Waals surface area contributed by atoms with Gasteiger partial charge in [-0.25, -0.2) is 4.79 Å². The van der Waals surface area contributed by atoms with Crippen molar-refractivity contribution in [3.63, 3.8) is 0 Å². The molecule has 0 saturated heterocycles. The number of carbonyl (C=O) groups excluding carboxylic acids is 1. The molecule has 0 radical (unpaired) electrons. The zero-order valence-electron chi connectivity index (χ0n) is 14.2. The molecule has 1 aromatic carbocycles. The van der Waals surface area contributed by atoms with Crippen molar-refractivity contribution in [1.82, 2.24) is 15.3 Å². The summed E-state index contributed by atoms with van der Waals surface area (Å²) < 4.78 is 12.2. The van der Waals surface area contributed by atoms with Crippen LogP contribution < -0.4 is 16.6 Å². The van der Waals surface area contributed by atoms with Crippen LogP contribution in [0.15, 0.2) is 44.8 Å². The molecule has 26 heavy (non-hydrogen) atoms. The van der Waals surface area contributed by atoms with E-state index in [2.05, 4.69) is 15.3 Å². The third-order valence-corrected chi connectivity index (χ3v) is 5.07. The lowest BCUT2D eigenvalue weighted by Gasteiger charge is -2.12. The van der Waals surface area contributed by atoms with Crippen LogP contribution in [0.25, 0.3) is 6.08 Å². The molecule has 9 heteroatoms. The smallest absolute Gasteiger partial charge is 0.325 e. The van der Waals surface area contributed by atoms with Gasteiger partial charge in [-0.3, -0.25) is 18.8 Å². The van der Waals surface area contributed by atoms with Gasteiger partial charge in [-0.15, -0.1) is 0 Å². The number of amides is 1. The molecule has 0 unspecified atom stereocenters. The fraction of sp³-hybridized carbons (Fsp3) is 0.235. The van der Waals surface area contributed by atoms with Crippen LogP contribution in [0.5, 0.6) is 5.75 Å². The number of hydrogen-bond acceptors (Lipinski definition) is 5. The fourth-order valence-electron chi connectivity index (χ4n) is 2.22. The summed E-state index contributed by atoms with van der Waals surface area (Å²) in [6.07, 6.45) is 2.49. The minimum atomic E-state index is -1.33. The Hall–Kier alpha value is -2.94. The second kappa shape index (κ2) is 8.43. The Kier molecular flexibility index (Phi) is 6.29. The van der Waals surface area contributed by atoms with Gasteiger partial charge in [0.15, 0.2) is 0 Å². The first kappa shape index (κ1) is 19.4. The first-order chi connectivity index (χ1) is 12.3. The van der Waals surface area contributed by atoms with Crippen molar-refractivity contribution in [2.75, 3.05) is 5.75 Å². The quantitative estimate of drug-likeness (QED) is 0.541. The molecule has 1 heterocycles. The number of carbonyl (C=O) groups is 1. The number of rotatable bonds is 6. The summed E-state index contributed by atoms with van der Waals surface area (Å²) in [6, 6.07) is 5.64. The largest absolute Gasteiger partial charge is 0.508 e. The van der Waals surface area contributed by atoms with Gasteiger partial charge in [0.2, 0.25) is 5.91 Å². The predicted octanol–water partition coefficient (Wildman–Crippen LogP) is 0.403. The average Bonchev–Trinajstić information content (AvgIpc) is 2.54. The van der Waals surface area contributed by atoms with E-state index >= 15 is 0 Å². The van der Waals surface area contributed by atoms with Crippen LogP contribution in [0.1, 0.15) is 18.2 Å². The number of aryl methyl sites for hydroxylation is 1. The molecule has 2 rings (SSSR count). The zero-order chi connectivity index (χ0) is 19.3. The zero-order valence-corrected chi connectivity index (χ0v) is 15.1. The molecule has 0 aliphatic heterocycles. The maximum Gasteiger partial charge on any atom is 0.325 e. The van der Waals surface area contributed by atoms with Gasteiger partial charge in [0, 0.05) is 28.5 Å². The van der Waals surface area contributed by atoms with E-state index in [4.69, 9.17) is 0 Å². The van der Waals surface area contributed by atoms with E-state index < -0.39 is 28.0 Å². The lowest BCUT2D eigenvalue weighted by Crippen LogP contribution is -2.35. The Morgan fingerprint density at radius 1 is 1.27 bits per heavy atom. The number of aromatic amines is 2.